The number of halogens is 4. The predicted molar refractivity (Wildman–Crippen MR) is 82.3 cm³/mol. The highest BCUT2D eigenvalue weighted by atomic mass is 127. The topological polar surface area (TPSA) is 61.0 Å². The van der Waals surface area contributed by atoms with E-state index in [4.69, 9.17) is 10.5 Å². The third-order valence-electron chi connectivity index (χ3n) is 2.44. The van der Waals surface area contributed by atoms with Crippen molar-refractivity contribution in [3.63, 3.8) is 0 Å². The Bertz CT molecular complexity index is 655. The van der Waals surface area contributed by atoms with E-state index in [2.05, 4.69) is 25.9 Å². The van der Waals surface area contributed by atoms with Gasteiger partial charge < -0.3 is 10.5 Å². The van der Waals surface area contributed by atoms with Crippen LogP contribution in [-0.4, -0.2) is 9.97 Å². The maximum absolute atomic E-state index is 14.7. The molecule has 0 bridgehead atoms. The fraction of sp³-hybridized carbons (Fsp3) is 0.167. The number of hydrogen-bond donors (Lipinski definition) is 1. The van der Waals surface area contributed by atoms with Crippen LogP contribution < -0.4 is 10.5 Å². The van der Waals surface area contributed by atoms with Crippen molar-refractivity contribution in [2.45, 2.75) is 12.8 Å². The molecule has 1 heterocycles. The molecule has 0 spiro atoms. The van der Waals surface area contributed by atoms with Gasteiger partial charge in [-0.05, 0) is 56.7 Å². The zero-order valence-electron chi connectivity index (χ0n) is 10.2. The standard InChI is InChI=1S/C12H9BrF2IN3O/c1-12(15,7-4-6(14)2-3-8(7)16)20-11-10(17)18-5-9(13)19-11/h2-5H,1H3,(H2,17,18). The molecule has 0 saturated carbocycles. The minimum Gasteiger partial charge on any atom is -0.434 e. The van der Waals surface area contributed by atoms with Crippen LogP contribution in [0.1, 0.15) is 12.5 Å². The Morgan fingerprint density at radius 2 is 2.15 bits per heavy atom. The van der Waals surface area contributed by atoms with E-state index in [1.165, 1.54) is 18.3 Å². The summed E-state index contributed by atoms with van der Waals surface area (Å²) in [6, 6.07) is 3.78. The van der Waals surface area contributed by atoms with Gasteiger partial charge in [-0.15, -0.1) is 0 Å². The molecule has 4 nitrogen and oxygen atoms in total. The summed E-state index contributed by atoms with van der Waals surface area (Å²) < 4.78 is 34.0. The quantitative estimate of drug-likeness (QED) is 0.715. The van der Waals surface area contributed by atoms with Crippen LogP contribution >= 0.6 is 38.5 Å². The van der Waals surface area contributed by atoms with Crippen LogP contribution in [0.4, 0.5) is 14.6 Å². The van der Waals surface area contributed by atoms with Crippen molar-refractivity contribution in [3.8, 4) is 5.88 Å². The molecule has 1 aromatic carbocycles. The number of aromatic nitrogens is 2. The molecular weight excluding hydrogens is 447 g/mol. The maximum atomic E-state index is 14.7. The van der Waals surface area contributed by atoms with Gasteiger partial charge >= 0.3 is 0 Å². The number of hydrogen-bond acceptors (Lipinski definition) is 4. The fourth-order valence-electron chi connectivity index (χ4n) is 1.51. The average Bonchev–Trinajstić information content (AvgIpc) is 2.36. The van der Waals surface area contributed by atoms with Gasteiger partial charge in [0.15, 0.2) is 5.82 Å². The minimum atomic E-state index is -2.29. The van der Waals surface area contributed by atoms with Crippen molar-refractivity contribution < 1.29 is 13.5 Å². The lowest BCUT2D eigenvalue weighted by Gasteiger charge is -2.23. The number of anilines is 1. The van der Waals surface area contributed by atoms with E-state index in [1.807, 2.05) is 22.6 Å². The number of nitrogens with zero attached hydrogens (tertiary/aromatic N) is 2. The fourth-order valence-corrected chi connectivity index (χ4v) is 2.59. The summed E-state index contributed by atoms with van der Waals surface area (Å²) in [5, 5.41) is 0. The second-order valence-corrected chi connectivity index (χ2v) is 6.00. The summed E-state index contributed by atoms with van der Waals surface area (Å²) in [4.78, 5) is 7.70. The monoisotopic (exact) mass is 455 g/mol. The maximum Gasteiger partial charge on any atom is 0.274 e. The van der Waals surface area contributed by atoms with Gasteiger partial charge in [0.2, 0.25) is 0 Å². The molecule has 0 aliphatic carbocycles. The zero-order chi connectivity index (χ0) is 14.9. The third-order valence-corrected chi connectivity index (χ3v) is 3.76. The molecule has 0 aliphatic rings. The van der Waals surface area contributed by atoms with Gasteiger partial charge in [0, 0.05) is 16.1 Å². The van der Waals surface area contributed by atoms with E-state index in [0.29, 0.717) is 8.17 Å². The molecule has 0 radical (unpaired) electrons. The molecule has 0 saturated heterocycles. The van der Waals surface area contributed by atoms with Crippen LogP contribution in [0.15, 0.2) is 29.0 Å². The first kappa shape index (κ1) is 15.4. The molecule has 1 unspecified atom stereocenters. The Morgan fingerprint density at radius 3 is 2.85 bits per heavy atom. The highest BCUT2D eigenvalue weighted by Gasteiger charge is 2.32. The lowest BCUT2D eigenvalue weighted by molar-refractivity contribution is -0.0546. The first-order valence-corrected chi connectivity index (χ1v) is 7.28. The Hall–Kier alpha value is -1.03. The van der Waals surface area contributed by atoms with E-state index in [-0.39, 0.29) is 17.3 Å². The first-order valence-electron chi connectivity index (χ1n) is 5.41. The van der Waals surface area contributed by atoms with Crippen molar-refractivity contribution in [2.75, 3.05) is 5.73 Å². The van der Waals surface area contributed by atoms with E-state index in [0.717, 1.165) is 13.0 Å². The van der Waals surface area contributed by atoms with Gasteiger partial charge in [-0.25, -0.2) is 14.4 Å². The highest BCUT2D eigenvalue weighted by molar-refractivity contribution is 14.1. The molecule has 20 heavy (non-hydrogen) atoms. The van der Waals surface area contributed by atoms with E-state index in [9.17, 15) is 8.78 Å². The number of ether oxygens (including phenoxy) is 1. The molecule has 1 atom stereocenters. The molecule has 2 rings (SSSR count). The summed E-state index contributed by atoms with van der Waals surface area (Å²) in [6.07, 6.45) is 1.36. The van der Waals surface area contributed by atoms with Gasteiger partial charge in [0.1, 0.15) is 10.4 Å². The van der Waals surface area contributed by atoms with Crippen molar-refractivity contribution in [1.29, 1.82) is 0 Å². The van der Waals surface area contributed by atoms with E-state index >= 15 is 0 Å². The number of alkyl halides is 1. The molecule has 8 heteroatoms. The zero-order valence-corrected chi connectivity index (χ0v) is 13.9. The molecule has 1 aromatic heterocycles. The van der Waals surface area contributed by atoms with Crippen molar-refractivity contribution in [1.82, 2.24) is 9.97 Å². The largest absolute Gasteiger partial charge is 0.434 e. The molecule has 0 aliphatic heterocycles. The van der Waals surface area contributed by atoms with Gasteiger partial charge in [-0.3, -0.25) is 0 Å². The SMILES string of the molecule is CC(F)(Oc1nc(Br)cnc1N)c1cc(F)ccc1I. The van der Waals surface area contributed by atoms with Gasteiger partial charge in [0.05, 0.1) is 6.20 Å². The Morgan fingerprint density at radius 1 is 1.45 bits per heavy atom. The van der Waals surface area contributed by atoms with E-state index in [1.54, 1.807) is 0 Å². The molecular formula is C12H9BrF2IN3O. The number of benzene rings is 1. The van der Waals surface area contributed by atoms with Crippen LogP contribution in [0.5, 0.6) is 5.88 Å². The highest BCUT2D eigenvalue weighted by Crippen LogP contribution is 2.34. The molecule has 106 valence electrons. The number of nitrogen functional groups attached to an aromatic ring is 1. The number of rotatable bonds is 3. The molecule has 2 N–H and O–H groups in total. The smallest absolute Gasteiger partial charge is 0.274 e. The van der Waals surface area contributed by atoms with Crippen molar-refractivity contribution in [2.24, 2.45) is 0 Å². The van der Waals surface area contributed by atoms with Crippen LogP contribution in [-0.2, 0) is 5.85 Å². The van der Waals surface area contributed by atoms with Gasteiger partial charge in [-0.1, -0.05) is 0 Å². The predicted octanol–water partition coefficient (Wildman–Crippen LogP) is 3.79. The lowest BCUT2D eigenvalue weighted by Crippen LogP contribution is -2.26. The Kier molecular flexibility index (Phi) is 4.43. The summed E-state index contributed by atoms with van der Waals surface area (Å²) in [6.45, 7) is 1.16. The first-order chi connectivity index (χ1) is 9.29. The summed E-state index contributed by atoms with van der Waals surface area (Å²) in [7, 11) is 0. The van der Waals surface area contributed by atoms with Gasteiger partial charge in [0.25, 0.3) is 11.7 Å². The van der Waals surface area contributed by atoms with Crippen LogP contribution in [0.3, 0.4) is 0 Å². The molecule has 0 amide bonds. The second-order valence-electron chi connectivity index (χ2n) is 4.03. The Balaban J connectivity index is 2.40. The summed E-state index contributed by atoms with van der Waals surface area (Å²) in [5.41, 5.74) is 5.64. The van der Waals surface area contributed by atoms with Gasteiger partial charge in [-0.2, -0.15) is 4.39 Å². The lowest BCUT2D eigenvalue weighted by atomic mass is 10.1. The third kappa shape index (κ3) is 3.35. The molecule has 2 aromatic rings. The van der Waals surface area contributed by atoms with Crippen molar-refractivity contribution >= 4 is 44.3 Å². The molecule has 0 fully saturated rings. The van der Waals surface area contributed by atoms with Crippen LogP contribution in [0, 0.1) is 9.39 Å². The van der Waals surface area contributed by atoms with E-state index < -0.39 is 11.7 Å². The minimum absolute atomic E-state index is 0.0523. The van der Waals surface area contributed by atoms with Crippen molar-refractivity contribution in [3.05, 3.63) is 43.9 Å². The average molecular weight is 456 g/mol. The van der Waals surface area contributed by atoms with Crippen LogP contribution in [0.25, 0.3) is 0 Å². The Labute approximate surface area is 136 Å². The summed E-state index contributed by atoms with van der Waals surface area (Å²) >= 11 is 4.99. The number of nitrogens with two attached hydrogens (primary N) is 1. The summed E-state index contributed by atoms with van der Waals surface area (Å²) in [5.74, 6) is -3.06. The normalized spacial score (nSPS) is 13.8. The van der Waals surface area contributed by atoms with Crippen LogP contribution in [0.2, 0.25) is 0 Å². The second kappa shape index (κ2) is 5.76.